The summed E-state index contributed by atoms with van der Waals surface area (Å²) in [7, 11) is 0. The molecule has 15 nitrogen and oxygen atoms in total. The van der Waals surface area contributed by atoms with Crippen LogP contribution < -0.4 is 30.7 Å². The van der Waals surface area contributed by atoms with Crippen molar-refractivity contribution in [2.45, 2.75) is 25.8 Å². The van der Waals surface area contributed by atoms with Gasteiger partial charge < -0.3 is 20.4 Å². The summed E-state index contributed by atoms with van der Waals surface area (Å²) < 4.78 is 15.1. The zero-order valence-electron chi connectivity index (χ0n) is 28.7. The highest BCUT2D eigenvalue weighted by Gasteiger charge is 2.26. The van der Waals surface area contributed by atoms with Crippen LogP contribution in [0, 0.1) is 17.3 Å². The van der Waals surface area contributed by atoms with Gasteiger partial charge in [-0.1, -0.05) is 11.6 Å². The average molecular weight is 739 g/mol. The molecule has 3 aliphatic rings. The Hall–Kier alpha value is -5.92. The first-order valence-electron chi connectivity index (χ1n) is 17.3. The molecule has 17 heteroatoms. The fourth-order valence-electron chi connectivity index (χ4n) is 6.62. The Morgan fingerprint density at radius 3 is 2.45 bits per heavy atom. The lowest BCUT2D eigenvalue weighted by Gasteiger charge is -2.36. The second kappa shape index (κ2) is 15.8. The van der Waals surface area contributed by atoms with E-state index < -0.39 is 17.9 Å². The van der Waals surface area contributed by atoms with Crippen molar-refractivity contribution in [1.29, 1.82) is 5.26 Å². The van der Waals surface area contributed by atoms with Crippen LogP contribution in [0.2, 0.25) is 5.15 Å². The number of halogens is 2. The Balaban J connectivity index is 0.853. The second-order valence-electron chi connectivity index (χ2n) is 12.8. The maximum Gasteiger partial charge on any atom is 0.328 e. The molecule has 0 unspecified atom stereocenters. The smallest absolute Gasteiger partial charge is 0.328 e. The largest absolute Gasteiger partial charge is 0.369 e. The number of aromatic nitrogens is 4. The van der Waals surface area contributed by atoms with Crippen molar-refractivity contribution in [1.82, 2.24) is 35.5 Å². The van der Waals surface area contributed by atoms with E-state index in [2.05, 4.69) is 45.7 Å². The van der Waals surface area contributed by atoms with Crippen LogP contribution in [0.1, 0.15) is 40.0 Å². The maximum absolute atomic E-state index is 15.1. The number of nitrogens with zero attached hydrogens (tertiary/aromatic N) is 9. The van der Waals surface area contributed by atoms with Crippen molar-refractivity contribution in [3.63, 3.8) is 0 Å². The first-order chi connectivity index (χ1) is 25.7. The normalized spacial score (nSPS) is 16.1. The van der Waals surface area contributed by atoms with E-state index in [4.69, 9.17) is 16.9 Å². The van der Waals surface area contributed by atoms with Crippen molar-refractivity contribution >= 4 is 58.3 Å². The minimum atomic E-state index is -0.885. The summed E-state index contributed by atoms with van der Waals surface area (Å²) in [5.74, 6) is -0.314. The van der Waals surface area contributed by atoms with Gasteiger partial charge in [0.2, 0.25) is 11.9 Å². The Morgan fingerprint density at radius 2 is 1.72 bits per heavy atom. The number of carbonyl (C=O) groups excluding carboxylic acids is 3. The molecule has 3 N–H and O–H groups in total. The summed E-state index contributed by atoms with van der Waals surface area (Å²) in [6.45, 7) is 5.98. The summed E-state index contributed by atoms with van der Waals surface area (Å²) in [5.41, 5.74) is 3.63. The van der Waals surface area contributed by atoms with E-state index in [9.17, 15) is 14.4 Å². The van der Waals surface area contributed by atoms with Crippen LogP contribution in [0.5, 0.6) is 0 Å². The number of fused-ring (bicyclic) bond motifs is 1. The van der Waals surface area contributed by atoms with E-state index in [0.717, 1.165) is 55.4 Å². The molecule has 0 aliphatic carbocycles. The van der Waals surface area contributed by atoms with Gasteiger partial charge in [-0.05, 0) is 67.9 Å². The highest BCUT2D eigenvalue weighted by atomic mass is 35.5. The lowest BCUT2D eigenvalue weighted by atomic mass is 10.1. The van der Waals surface area contributed by atoms with Gasteiger partial charge in [0.1, 0.15) is 35.0 Å². The van der Waals surface area contributed by atoms with Crippen molar-refractivity contribution in [2.75, 3.05) is 72.4 Å². The Labute approximate surface area is 309 Å². The quantitative estimate of drug-likeness (QED) is 0.159. The number of carbonyl (C=O) groups is 3. The summed E-state index contributed by atoms with van der Waals surface area (Å²) in [6.07, 6.45) is 3.00. The van der Waals surface area contributed by atoms with Crippen LogP contribution >= 0.6 is 11.6 Å². The molecule has 0 saturated carbocycles. The minimum absolute atomic E-state index is 0.140. The molecule has 1 aromatic carbocycles. The summed E-state index contributed by atoms with van der Waals surface area (Å²) >= 11 is 6.14. The molecule has 7 rings (SSSR count). The SMILES string of the molecule is N#Cc1ccc(N2CCc3c(ncnc3Nc3ccc(C(=O)NCCCN4CCN(c5ccc(N6CCC(=O)NC6=O)cc5)CC4)c(F)n3)C2)nc1Cl. The molecule has 272 valence electrons. The van der Waals surface area contributed by atoms with Crippen LogP contribution in [-0.4, -0.2) is 95.0 Å². The number of nitrogens with one attached hydrogen (secondary N) is 3. The predicted octanol–water partition coefficient (Wildman–Crippen LogP) is 3.63. The predicted molar refractivity (Wildman–Crippen MR) is 196 cm³/mol. The number of rotatable bonds is 10. The molecule has 3 aliphatic heterocycles. The van der Waals surface area contributed by atoms with Crippen LogP contribution in [0.3, 0.4) is 0 Å². The van der Waals surface area contributed by atoms with Crippen LogP contribution in [0.15, 0.2) is 54.9 Å². The first-order valence-corrected chi connectivity index (χ1v) is 17.7. The topological polar surface area (TPSA) is 176 Å². The van der Waals surface area contributed by atoms with Gasteiger partial charge >= 0.3 is 6.03 Å². The Kier molecular flexibility index (Phi) is 10.6. The zero-order valence-corrected chi connectivity index (χ0v) is 29.4. The molecule has 0 atom stereocenters. The maximum atomic E-state index is 15.1. The van der Waals surface area contributed by atoms with E-state index in [0.29, 0.717) is 56.2 Å². The first kappa shape index (κ1) is 35.5. The van der Waals surface area contributed by atoms with Gasteiger partial charge in [0.15, 0.2) is 0 Å². The van der Waals surface area contributed by atoms with E-state index >= 15 is 4.39 Å². The fourth-order valence-corrected chi connectivity index (χ4v) is 6.81. The van der Waals surface area contributed by atoms with Crippen LogP contribution in [0.4, 0.5) is 38.0 Å². The van der Waals surface area contributed by atoms with Crippen LogP contribution in [0.25, 0.3) is 0 Å². The van der Waals surface area contributed by atoms with E-state index in [1.807, 2.05) is 35.2 Å². The molecule has 0 spiro atoms. The molecule has 53 heavy (non-hydrogen) atoms. The molecule has 2 saturated heterocycles. The molecule has 0 radical (unpaired) electrons. The van der Waals surface area contributed by atoms with Gasteiger partial charge in [0.25, 0.3) is 5.91 Å². The summed E-state index contributed by atoms with van der Waals surface area (Å²) in [6, 6.07) is 15.7. The third kappa shape index (κ3) is 8.11. The average Bonchev–Trinajstić information content (AvgIpc) is 3.17. The van der Waals surface area contributed by atoms with Gasteiger partial charge in [-0.25, -0.2) is 24.7 Å². The standard InChI is InChI=1S/C36H36ClFN12O3/c37-32-23(20-39)2-9-30(45-32)49-14-10-26-28(21-49)41-22-42-34(26)44-29-8-7-27(33(38)43-29)35(52)40-12-1-13-47-16-18-48(19-17-47)24-3-5-25(6-4-24)50-15-11-31(51)46-36(50)53/h2-9,22H,1,10-19,21H2,(H,40,52)(H,46,51,53)(H,41,42,43,44). The molecule has 4 aromatic rings. The number of hydrogen-bond acceptors (Lipinski definition) is 12. The number of amides is 4. The number of hydrogen-bond donors (Lipinski definition) is 3. The molecular weight excluding hydrogens is 703 g/mol. The van der Waals surface area contributed by atoms with Crippen molar-refractivity contribution in [3.05, 3.63) is 88.3 Å². The molecule has 3 aromatic heterocycles. The molecule has 6 heterocycles. The Bertz CT molecular complexity index is 2070. The fraction of sp³-hybridized carbons (Fsp3) is 0.333. The molecular formula is C36H36ClFN12O3. The number of anilines is 5. The third-order valence-corrected chi connectivity index (χ3v) is 9.80. The number of urea groups is 1. The molecule has 4 amide bonds. The number of benzene rings is 1. The van der Waals surface area contributed by atoms with E-state index in [1.165, 1.54) is 12.4 Å². The summed E-state index contributed by atoms with van der Waals surface area (Å²) in [5, 5.41) is 17.5. The molecule has 2 fully saturated rings. The van der Waals surface area contributed by atoms with E-state index in [-0.39, 0.29) is 28.9 Å². The van der Waals surface area contributed by atoms with Crippen molar-refractivity contribution in [2.24, 2.45) is 0 Å². The van der Waals surface area contributed by atoms with Crippen molar-refractivity contribution in [3.8, 4) is 6.07 Å². The number of pyridine rings is 2. The lowest BCUT2D eigenvalue weighted by molar-refractivity contribution is -0.120. The second-order valence-corrected chi connectivity index (χ2v) is 13.2. The Morgan fingerprint density at radius 1 is 0.925 bits per heavy atom. The third-order valence-electron chi connectivity index (χ3n) is 9.51. The van der Waals surface area contributed by atoms with Gasteiger partial charge in [-0.3, -0.25) is 24.7 Å². The van der Waals surface area contributed by atoms with Gasteiger partial charge in [-0.15, -0.1) is 0 Å². The highest BCUT2D eigenvalue weighted by molar-refractivity contribution is 6.30. The number of piperazine rings is 1. The molecule has 0 bridgehead atoms. The lowest BCUT2D eigenvalue weighted by Crippen LogP contribution is -2.49. The number of nitriles is 1. The highest BCUT2D eigenvalue weighted by Crippen LogP contribution is 2.29. The van der Waals surface area contributed by atoms with Gasteiger partial charge in [-0.2, -0.15) is 9.65 Å². The van der Waals surface area contributed by atoms with E-state index in [1.54, 1.807) is 23.1 Å². The zero-order chi connectivity index (χ0) is 36.9. The minimum Gasteiger partial charge on any atom is -0.369 e. The monoisotopic (exact) mass is 738 g/mol. The van der Waals surface area contributed by atoms with Gasteiger partial charge in [0.05, 0.1) is 23.4 Å². The van der Waals surface area contributed by atoms with Crippen LogP contribution in [-0.2, 0) is 17.8 Å². The van der Waals surface area contributed by atoms with Crippen molar-refractivity contribution < 1.29 is 18.8 Å². The van der Waals surface area contributed by atoms with Gasteiger partial charge in [0, 0.05) is 69.2 Å². The summed E-state index contributed by atoms with van der Waals surface area (Å²) in [4.78, 5) is 61.7. The number of imide groups is 1.